The van der Waals surface area contributed by atoms with Crippen LogP contribution in [0.25, 0.3) is 0 Å². The van der Waals surface area contributed by atoms with Crippen molar-refractivity contribution in [2.75, 3.05) is 13.2 Å². The molecule has 0 unspecified atom stereocenters. The summed E-state index contributed by atoms with van der Waals surface area (Å²) in [5.41, 5.74) is 0. The molecule has 1 N–H and O–H groups in total. The Hall–Kier alpha value is -1.92. The SMILES string of the molecule is O=C(O)CCC(=O)C=NN1CCOC1=O. The topological polar surface area (TPSA) is 96.3 Å². The van der Waals surface area contributed by atoms with Gasteiger partial charge in [-0.3, -0.25) is 9.59 Å². The highest BCUT2D eigenvalue weighted by atomic mass is 16.6. The lowest BCUT2D eigenvalue weighted by atomic mass is 10.2. The number of carbonyl (C=O) groups is 3. The Bertz CT molecular complexity index is 312. The van der Waals surface area contributed by atoms with E-state index in [-0.39, 0.29) is 19.4 Å². The standard InChI is InChI=1S/C8H10N2O5/c11-6(1-2-7(12)13)5-9-10-3-4-15-8(10)14/h5H,1-4H2,(H,12,13). The molecule has 0 spiro atoms. The van der Waals surface area contributed by atoms with Crippen molar-refractivity contribution in [1.29, 1.82) is 0 Å². The highest BCUT2D eigenvalue weighted by Gasteiger charge is 2.20. The van der Waals surface area contributed by atoms with Crippen LogP contribution in [0.4, 0.5) is 4.79 Å². The van der Waals surface area contributed by atoms with Crippen molar-refractivity contribution < 1.29 is 24.2 Å². The molecule has 1 amide bonds. The molecule has 0 aromatic rings. The van der Waals surface area contributed by atoms with E-state index >= 15 is 0 Å². The molecule has 0 saturated carbocycles. The van der Waals surface area contributed by atoms with Gasteiger partial charge in [-0.05, 0) is 0 Å². The Balaban J connectivity index is 2.33. The fourth-order valence-corrected chi connectivity index (χ4v) is 0.919. The molecule has 0 aliphatic carbocycles. The number of nitrogens with zero attached hydrogens (tertiary/aromatic N) is 2. The largest absolute Gasteiger partial charge is 0.481 e. The van der Waals surface area contributed by atoms with Crippen LogP contribution in [0.2, 0.25) is 0 Å². The van der Waals surface area contributed by atoms with Crippen LogP contribution < -0.4 is 0 Å². The predicted molar refractivity (Wildman–Crippen MR) is 48.4 cm³/mol. The number of Topliss-reactive ketones (excluding diaryl/α,β-unsaturated/α-hetero) is 1. The van der Waals surface area contributed by atoms with Crippen LogP contribution in [0.1, 0.15) is 12.8 Å². The van der Waals surface area contributed by atoms with Gasteiger partial charge in [-0.2, -0.15) is 10.1 Å². The first-order valence-corrected chi connectivity index (χ1v) is 4.32. The highest BCUT2D eigenvalue weighted by Crippen LogP contribution is 2.02. The molecule has 1 heterocycles. The van der Waals surface area contributed by atoms with Gasteiger partial charge in [0.1, 0.15) is 6.61 Å². The highest BCUT2D eigenvalue weighted by molar-refractivity contribution is 6.27. The number of aliphatic carboxylic acids is 1. The smallest absolute Gasteiger partial charge is 0.430 e. The number of carbonyl (C=O) groups excluding carboxylic acids is 2. The molecule has 0 radical (unpaired) electrons. The Morgan fingerprint density at radius 1 is 1.53 bits per heavy atom. The van der Waals surface area contributed by atoms with Crippen molar-refractivity contribution in [2.24, 2.45) is 5.10 Å². The average Bonchev–Trinajstić information content (AvgIpc) is 2.58. The van der Waals surface area contributed by atoms with Gasteiger partial charge >= 0.3 is 12.1 Å². The Morgan fingerprint density at radius 2 is 2.27 bits per heavy atom. The molecule has 1 aliphatic rings. The van der Waals surface area contributed by atoms with E-state index in [1.54, 1.807) is 0 Å². The van der Waals surface area contributed by atoms with E-state index in [1.807, 2.05) is 0 Å². The number of carboxylic acid groups (broad SMARTS) is 1. The summed E-state index contributed by atoms with van der Waals surface area (Å²) in [5.74, 6) is -1.48. The van der Waals surface area contributed by atoms with Crippen LogP contribution in [-0.2, 0) is 14.3 Å². The minimum absolute atomic E-state index is 0.123. The third kappa shape index (κ3) is 3.75. The fourth-order valence-electron chi connectivity index (χ4n) is 0.919. The van der Waals surface area contributed by atoms with Gasteiger partial charge < -0.3 is 9.84 Å². The lowest BCUT2D eigenvalue weighted by Crippen LogP contribution is -2.18. The van der Waals surface area contributed by atoms with Gasteiger partial charge in [0.15, 0.2) is 5.78 Å². The second-order valence-electron chi connectivity index (χ2n) is 2.84. The van der Waals surface area contributed by atoms with E-state index in [2.05, 4.69) is 9.84 Å². The molecule has 1 aliphatic heterocycles. The summed E-state index contributed by atoms with van der Waals surface area (Å²) >= 11 is 0. The lowest BCUT2D eigenvalue weighted by molar-refractivity contribution is -0.138. The summed E-state index contributed by atoms with van der Waals surface area (Å²) in [7, 11) is 0. The summed E-state index contributed by atoms with van der Waals surface area (Å²) in [4.78, 5) is 32.0. The van der Waals surface area contributed by atoms with Gasteiger partial charge in [0.05, 0.1) is 19.2 Å². The molecule has 7 nitrogen and oxygen atoms in total. The van der Waals surface area contributed by atoms with E-state index in [0.29, 0.717) is 6.54 Å². The molecule has 0 bridgehead atoms. The average molecular weight is 214 g/mol. The van der Waals surface area contributed by atoms with Crippen molar-refractivity contribution in [3.8, 4) is 0 Å². The zero-order valence-corrected chi connectivity index (χ0v) is 7.88. The molecule has 0 atom stereocenters. The maximum atomic E-state index is 11.0. The molecule has 1 saturated heterocycles. The van der Waals surface area contributed by atoms with Crippen molar-refractivity contribution >= 4 is 24.1 Å². The summed E-state index contributed by atoms with van der Waals surface area (Å²) in [6.45, 7) is 0.557. The van der Waals surface area contributed by atoms with E-state index in [1.165, 1.54) is 0 Å². The first kappa shape index (κ1) is 11.2. The third-order valence-corrected chi connectivity index (χ3v) is 1.67. The van der Waals surface area contributed by atoms with Gasteiger partial charge in [0, 0.05) is 6.42 Å². The van der Waals surface area contributed by atoms with Gasteiger partial charge in [0.2, 0.25) is 0 Å². The van der Waals surface area contributed by atoms with Crippen molar-refractivity contribution in [2.45, 2.75) is 12.8 Å². The maximum Gasteiger partial charge on any atom is 0.430 e. The monoisotopic (exact) mass is 214 g/mol. The summed E-state index contributed by atoms with van der Waals surface area (Å²) in [6, 6.07) is 0. The molecule has 0 aromatic heterocycles. The number of ketones is 1. The first-order valence-electron chi connectivity index (χ1n) is 4.32. The van der Waals surface area contributed by atoms with Crippen LogP contribution in [-0.4, -0.2) is 47.3 Å². The molecular weight excluding hydrogens is 204 g/mol. The molecule has 82 valence electrons. The van der Waals surface area contributed by atoms with Gasteiger partial charge in [-0.25, -0.2) is 4.79 Å². The second-order valence-corrected chi connectivity index (χ2v) is 2.84. The summed E-state index contributed by atoms with van der Waals surface area (Å²) in [5, 5.41) is 12.9. The molecule has 7 heteroatoms. The number of hydrazone groups is 1. The van der Waals surface area contributed by atoms with Crippen LogP contribution in [0.3, 0.4) is 0 Å². The van der Waals surface area contributed by atoms with E-state index < -0.39 is 17.8 Å². The molecule has 1 fully saturated rings. The van der Waals surface area contributed by atoms with Crippen LogP contribution in [0.15, 0.2) is 5.10 Å². The number of hydrogen-bond donors (Lipinski definition) is 1. The minimum atomic E-state index is -1.04. The zero-order chi connectivity index (χ0) is 11.3. The van der Waals surface area contributed by atoms with Gasteiger partial charge in [0.25, 0.3) is 0 Å². The third-order valence-electron chi connectivity index (χ3n) is 1.67. The van der Waals surface area contributed by atoms with Crippen LogP contribution >= 0.6 is 0 Å². The molecule has 0 aromatic carbocycles. The Kier molecular flexibility index (Phi) is 3.78. The number of hydrogen-bond acceptors (Lipinski definition) is 5. The first-order chi connectivity index (χ1) is 7.09. The number of carboxylic acids is 1. The Labute approximate surface area is 85.3 Å². The normalized spacial score (nSPS) is 15.7. The van der Waals surface area contributed by atoms with Crippen LogP contribution in [0, 0.1) is 0 Å². The predicted octanol–water partition coefficient (Wildman–Crippen LogP) is -0.142. The van der Waals surface area contributed by atoms with E-state index in [9.17, 15) is 14.4 Å². The van der Waals surface area contributed by atoms with Gasteiger partial charge in [-0.1, -0.05) is 0 Å². The number of cyclic esters (lactones) is 1. The number of rotatable bonds is 5. The zero-order valence-electron chi connectivity index (χ0n) is 7.88. The number of amides is 1. The second kappa shape index (κ2) is 5.08. The summed E-state index contributed by atoms with van der Waals surface area (Å²) in [6.07, 6.45) is -0.0238. The van der Waals surface area contributed by atoms with Crippen molar-refractivity contribution in [1.82, 2.24) is 5.01 Å². The molecule has 15 heavy (non-hydrogen) atoms. The maximum absolute atomic E-state index is 11.0. The fraction of sp³-hybridized carbons (Fsp3) is 0.500. The quantitative estimate of drug-likeness (QED) is 0.642. The Morgan fingerprint density at radius 3 is 2.80 bits per heavy atom. The molecule has 1 rings (SSSR count). The lowest BCUT2D eigenvalue weighted by Gasteiger charge is -2.02. The van der Waals surface area contributed by atoms with E-state index in [4.69, 9.17) is 5.11 Å². The van der Waals surface area contributed by atoms with Crippen molar-refractivity contribution in [3.63, 3.8) is 0 Å². The van der Waals surface area contributed by atoms with Crippen LogP contribution in [0.5, 0.6) is 0 Å². The van der Waals surface area contributed by atoms with Gasteiger partial charge in [-0.15, -0.1) is 0 Å². The van der Waals surface area contributed by atoms with Crippen molar-refractivity contribution in [3.05, 3.63) is 0 Å². The molecular formula is C8H10N2O5. The van der Waals surface area contributed by atoms with E-state index in [0.717, 1.165) is 11.2 Å². The summed E-state index contributed by atoms with van der Waals surface area (Å²) < 4.78 is 4.56. The minimum Gasteiger partial charge on any atom is -0.481 e. The number of ether oxygens (including phenoxy) is 1.